The van der Waals surface area contributed by atoms with Crippen LogP contribution in [-0.4, -0.2) is 0 Å². The first kappa shape index (κ1) is 41.2. The fourth-order valence-corrected chi connectivity index (χ4v) is 10.8. The molecule has 0 aromatic heterocycles. The highest BCUT2D eigenvalue weighted by atomic mass is 31.0. The molecule has 68 heavy (non-hydrogen) atoms. The Bertz CT molecular complexity index is 3550. The van der Waals surface area contributed by atoms with Gasteiger partial charge in [0.1, 0.15) is 5.82 Å². The van der Waals surface area contributed by atoms with Crippen molar-refractivity contribution in [2.24, 2.45) is 0 Å². The summed E-state index contributed by atoms with van der Waals surface area (Å²) >= 11 is 0. The van der Waals surface area contributed by atoms with Gasteiger partial charge in [0.25, 0.3) is 0 Å². The van der Waals surface area contributed by atoms with Crippen molar-refractivity contribution < 1.29 is 4.39 Å². The van der Waals surface area contributed by atoms with Crippen molar-refractivity contribution in [1.82, 2.24) is 0 Å². The third kappa shape index (κ3) is 7.30. The van der Waals surface area contributed by atoms with Crippen molar-refractivity contribution in [2.45, 2.75) is 0 Å². The maximum atomic E-state index is 17.0. The van der Waals surface area contributed by atoms with Crippen LogP contribution in [0.25, 0.3) is 121 Å². The summed E-state index contributed by atoms with van der Waals surface area (Å²) in [4.78, 5) is 0. The van der Waals surface area contributed by atoms with E-state index >= 15 is 4.39 Å². The van der Waals surface area contributed by atoms with Crippen LogP contribution in [0.4, 0.5) is 4.39 Å². The van der Waals surface area contributed by atoms with Gasteiger partial charge in [-0.3, -0.25) is 0 Å². The summed E-state index contributed by atoms with van der Waals surface area (Å²) in [5.74, 6) is -0.259. The van der Waals surface area contributed by atoms with Crippen LogP contribution in [0.3, 0.4) is 0 Å². The van der Waals surface area contributed by atoms with E-state index in [1.54, 1.807) is 6.07 Å². The second kappa shape index (κ2) is 17.5. The molecule has 0 aliphatic rings. The molecule has 12 aromatic carbocycles. The molecule has 0 N–H and O–H groups in total. The Morgan fingerprint density at radius 1 is 0.235 bits per heavy atom. The largest absolute Gasteiger partial charge is 0.206 e. The van der Waals surface area contributed by atoms with Crippen molar-refractivity contribution in [1.29, 1.82) is 0 Å². The van der Waals surface area contributed by atoms with Crippen molar-refractivity contribution >= 4 is 46.9 Å². The second-order valence-electron chi connectivity index (χ2n) is 17.5. The molecule has 0 nitrogen and oxygen atoms in total. The number of rotatable bonds is 8. The van der Waals surface area contributed by atoms with Crippen LogP contribution >= 0.6 is 9.24 Å². The average molecular weight is 887 g/mol. The lowest BCUT2D eigenvalue weighted by molar-refractivity contribution is 0.632. The molecular formula is C66H44FP. The Morgan fingerprint density at radius 2 is 0.515 bits per heavy atom. The standard InChI is InChI=1S/C66H44FP/c67-59-41-51(37-39-53(59)47-21-9-3-10-22-47)63-57-27-15-16-28-58(57)64(52-38-40-54(60(68)42-52)48-23-11-4-12-24-48)66-62(50-35-31-46(32-36-50)44-19-7-2-8-20-44)56-26-14-13-25-55(56)61(65(63)66)49-33-29-45(30-34-49)43-17-5-1-6-18-43/h1-42H,68H2. The summed E-state index contributed by atoms with van der Waals surface area (Å²) in [6.45, 7) is 0. The summed E-state index contributed by atoms with van der Waals surface area (Å²) in [7, 11) is 3.04. The minimum Gasteiger partial charge on any atom is -0.206 e. The lowest BCUT2D eigenvalue weighted by Crippen LogP contribution is -2.01. The predicted molar refractivity (Wildman–Crippen MR) is 292 cm³/mol. The molecule has 0 radical (unpaired) electrons. The van der Waals surface area contributed by atoms with Crippen LogP contribution in [0, 0.1) is 5.82 Å². The highest BCUT2D eigenvalue weighted by Gasteiger charge is 2.27. The fraction of sp³-hybridized carbons (Fsp3) is 0. The first-order valence-corrected chi connectivity index (χ1v) is 23.7. The van der Waals surface area contributed by atoms with Gasteiger partial charge in [-0.1, -0.05) is 243 Å². The molecule has 0 aliphatic carbocycles. The SMILES string of the molecule is Fc1cc(-c2c3ccccc3c(-c3ccc(-c4ccccc4)c(P)c3)c3c(-c4ccc(-c5ccccc5)cc4)c4ccccc4c(-c4ccc(-c5ccccc5)cc4)c23)ccc1-c1ccccc1. The maximum Gasteiger partial charge on any atom is 0.131 e. The summed E-state index contributed by atoms with van der Waals surface area (Å²) in [5.41, 5.74) is 16.9. The van der Waals surface area contributed by atoms with E-state index in [1.165, 1.54) is 22.3 Å². The molecule has 0 fully saturated rings. The first-order valence-electron chi connectivity index (χ1n) is 23.1. The topological polar surface area (TPSA) is 0 Å². The van der Waals surface area contributed by atoms with Crippen molar-refractivity contribution in [3.05, 3.63) is 261 Å². The third-order valence-corrected chi connectivity index (χ3v) is 14.0. The van der Waals surface area contributed by atoms with E-state index in [0.29, 0.717) is 5.56 Å². The average Bonchev–Trinajstić information content (AvgIpc) is 3.40. The molecular weight excluding hydrogens is 843 g/mol. The van der Waals surface area contributed by atoms with Crippen LogP contribution in [0.15, 0.2) is 255 Å². The summed E-state index contributed by atoms with van der Waals surface area (Å²) in [6.07, 6.45) is 0. The maximum absolute atomic E-state index is 17.0. The van der Waals surface area contributed by atoms with Crippen molar-refractivity contribution in [3.63, 3.8) is 0 Å². The molecule has 0 aliphatic heterocycles. The van der Waals surface area contributed by atoms with E-state index in [0.717, 1.165) is 98.8 Å². The molecule has 12 aromatic rings. The number of benzene rings is 12. The number of halogens is 1. The van der Waals surface area contributed by atoms with E-state index in [-0.39, 0.29) is 5.82 Å². The normalized spacial score (nSPS) is 11.4. The number of fused-ring (bicyclic) bond motifs is 3. The molecule has 1 unspecified atom stereocenters. The van der Waals surface area contributed by atoms with Gasteiger partial charge in [-0.25, -0.2) is 4.39 Å². The quantitative estimate of drug-likeness (QED) is 0.105. The summed E-state index contributed by atoms with van der Waals surface area (Å²) < 4.78 is 17.0. The molecule has 2 heteroatoms. The molecule has 320 valence electrons. The zero-order valence-electron chi connectivity index (χ0n) is 37.2. The predicted octanol–water partition coefficient (Wildman–Crippen LogP) is 18.1. The Labute approximate surface area is 398 Å². The molecule has 0 saturated heterocycles. The van der Waals surface area contributed by atoms with Crippen molar-refractivity contribution in [2.75, 3.05) is 0 Å². The summed E-state index contributed by atoms with van der Waals surface area (Å²) in [5, 5.41) is 7.75. The van der Waals surface area contributed by atoms with Crippen LogP contribution in [0.1, 0.15) is 0 Å². The van der Waals surface area contributed by atoms with Crippen LogP contribution < -0.4 is 5.30 Å². The van der Waals surface area contributed by atoms with Gasteiger partial charge in [-0.2, -0.15) is 0 Å². The zero-order chi connectivity index (χ0) is 45.6. The number of hydrogen-bond donors (Lipinski definition) is 0. The smallest absolute Gasteiger partial charge is 0.131 e. The van der Waals surface area contributed by atoms with Gasteiger partial charge >= 0.3 is 0 Å². The van der Waals surface area contributed by atoms with E-state index in [1.807, 2.05) is 36.4 Å². The first-order chi connectivity index (χ1) is 33.6. The Morgan fingerprint density at radius 3 is 0.897 bits per heavy atom. The van der Waals surface area contributed by atoms with Crippen LogP contribution in [0.5, 0.6) is 0 Å². The lowest BCUT2D eigenvalue weighted by Gasteiger charge is -2.26. The minimum atomic E-state index is -0.259. The fourth-order valence-electron chi connectivity index (χ4n) is 10.4. The van der Waals surface area contributed by atoms with E-state index in [9.17, 15) is 0 Å². The minimum absolute atomic E-state index is 0.259. The van der Waals surface area contributed by atoms with Crippen molar-refractivity contribution in [3.8, 4) is 89.0 Å². The Balaban J connectivity index is 1.25. The third-order valence-electron chi connectivity index (χ3n) is 13.5. The monoisotopic (exact) mass is 886 g/mol. The van der Waals surface area contributed by atoms with Crippen LogP contribution in [-0.2, 0) is 0 Å². The summed E-state index contributed by atoms with van der Waals surface area (Å²) in [6, 6.07) is 89.9. The molecule has 0 saturated carbocycles. The van der Waals surface area contributed by atoms with E-state index < -0.39 is 0 Å². The van der Waals surface area contributed by atoms with Gasteiger partial charge in [0.2, 0.25) is 0 Å². The molecule has 0 heterocycles. The molecule has 1 atom stereocenters. The molecule has 12 rings (SSSR count). The number of hydrogen-bond acceptors (Lipinski definition) is 0. The highest BCUT2D eigenvalue weighted by molar-refractivity contribution is 7.28. The van der Waals surface area contributed by atoms with Gasteiger partial charge in [0.05, 0.1) is 0 Å². The Kier molecular flexibility index (Phi) is 10.6. The Hall–Kier alpha value is -8.22. The molecule has 0 bridgehead atoms. The van der Waals surface area contributed by atoms with Gasteiger partial charge in [0.15, 0.2) is 0 Å². The second-order valence-corrected chi connectivity index (χ2v) is 18.1. The zero-order valence-corrected chi connectivity index (χ0v) is 38.4. The van der Waals surface area contributed by atoms with Gasteiger partial charge in [-0.05, 0) is 133 Å². The van der Waals surface area contributed by atoms with Gasteiger partial charge in [0, 0.05) is 5.56 Å². The van der Waals surface area contributed by atoms with Crippen LogP contribution in [0.2, 0.25) is 0 Å². The van der Waals surface area contributed by atoms with E-state index in [2.05, 4.69) is 222 Å². The highest BCUT2D eigenvalue weighted by Crippen LogP contribution is 2.54. The van der Waals surface area contributed by atoms with Gasteiger partial charge in [-0.15, -0.1) is 9.24 Å². The van der Waals surface area contributed by atoms with E-state index in [4.69, 9.17) is 0 Å². The molecule has 0 amide bonds. The molecule has 0 spiro atoms. The lowest BCUT2D eigenvalue weighted by atomic mass is 9.77. The van der Waals surface area contributed by atoms with Gasteiger partial charge < -0.3 is 0 Å².